The molecule has 0 aromatic carbocycles. The molecule has 6 nitrogen and oxygen atoms in total. The van der Waals surface area contributed by atoms with Gasteiger partial charge in [0.15, 0.2) is 6.39 Å². The summed E-state index contributed by atoms with van der Waals surface area (Å²) in [5.74, 6) is -2.29. The van der Waals surface area contributed by atoms with Gasteiger partial charge in [-0.15, -0.1) is 0 Å². The van der Waals surface area contributed by atoms with Crippen molar-refractivity contribution in [2.45, 2.75) is 37.8 Å². The number of aliphatic carboxylic acids is 1. The number of oxazole rings is 1. The van der Waals surface area contributed by atoms with E-state index in [0.29, 0.717) is 5.76 Å². The van der Waals surface area contributed by atoms with Gasteiger partial charge >= 0.3 is 18.3 Å². The van der Waals surface area contributed by atoms with Gasteiger partial charge < -0.3 is 14.8 Å². The maximum absolute atomic E-state index is 12.6. The summed E-state index contributed by atoms with van der Waals surface area (Å²) in [5.41, 5.74) is 0. The molecule has 0 radical (unpaired) electrons. The number of nitrogens with zero attached hydrogens (tertiary/aromatic N) is 2. The molecule has 0 saturated carbocycles. The zero-order chi connectivity index (χ0) is 19.1. The Morgan fingerprint density at radius 2 is 1.84 bits per heavy atom. The lowest BCUT2D eigenvalue weighted by Crippen LogP contribution is -2.46. The maximum Gasteiger partial charge on any atom is 0.490 e. The van der Waals surface area contributed by atoms with E-state index in [4.69, 9.17) is 14.3 Å². The molecule has 0 amide bonds. The Bertz CT molecular complexity index is 512. The molecule has 144 valence electrons. The van der Waals surface area contributed by atoms with E-state index in [2.05, 4.69) is 10.3 Å². The van der Waals surface area contributed by atoms with Gasteiger partial charge in [0.1, 0.15) is 5.76 Å². The predicted molar refractivity (Wildman–Crippen MR) is 72.6 cm³/mol. The van der Waals surface area contributed by atoms with Gasteiger partial charge in [0.25, 0.3) is 0 Å². The molecule has 1 aliphatic heterocycles. The zero-order valence-electron chi connectivity index (χ0n) is 12.9. The Morgan fingerprint density at radius 1 is 1.28 bits per heavy atom. The number of alkyl halides is 6. The van der Waals surface area contributed by atoms with Gasteiger partial charge in [-0.05, 0) is 25.9 Å². The first kappa shape index (κ1) is 21.2. The molecular formula is C13H17F6N3O3. The van der Waals surface area contributed by atoms with Gasteiger partial charge in [0.05, 0.1) is 19.3 Å². The van der Waals surface area contributed by atoms with E-state index in [1.54, 1.807) is 0 Å². The molecule has 2 N–H and O–H groups in total. The van der Waals surface area contributed by atoms with E-state index in [1.165, 1.54) is 17.5 Å². The van der Waals surface area contributed by atoms with Crippen LogP contribution in [0.1, 0.15) is 18.6 Å². The number of piperidine rings is 1. The van der Waals surface area contributed by atoms with Crippen molar-refractivity contribution in [1.29, 1.82) is 0 Å². The summed E-state index contributed by atoms with van der Waals surface area (Å²) in [7, 11) is 0. The number of nitrogens with one attached hydrogen (secondary N) is 1. The molecule has 25 heavy (non-hydrogen) atoms. The van der Waals surface area contributed by atoms with E-state index in [-0.39, 0.29) is 12.6 Å². The molecule has 1 aromatic heterocycles. The standard InChI is InChI=1S/C11H16F3N3O.C2HF3O2/c12-11(13,14)7-17(6-10-5-16-8-18-10)9-1-3-15-4-2-9;3-2(4,5)1(6)7/h5,8-9,15H,1-4,6-7H2;(H,6,7). The van der Waals surface area contributed by atoms with Gasteiger partial charge in [0.2, 0.25) is 0 Å². The van der Waals surface area contributed by atoms with Crippen LogP contribution in [0.15, 0.2) is 17.0 Å². The average Bonchev–Trinajstić information content (AvgIpc) is 2.99. The van der Waals surface area contributed by atoms with Gasteiger partial charge in [-0.25, -0.2) is 9.78 Å². The number of aromatic nitrogens is 1. The number of hydrogen-bond acceptors (Lipinski definition) is 5. The minimum absolute atomic E-state index is 0.0574. The van der Waals surface area contributed by atoms with Crippen molar-refractivity contribution >= 4 is 5.97 Å². The lowest BCUT2D eigenvalue weighted by molar-refractivity contribution is -0.192. The second kappa shape index (κ2) is 9.04. The van der Waals surface area contributed by atoms with E-state index in [0.717, 1.165) is 25.9 Å². The number of halogens is 6. The number of carboxylic acids is 1. The molecule has 0 spiro atoms. The fourth-order valence-corrected chi connectivity index (χ4v) is 2.24. The molecule has 2 heterocycles. The third-order valence-electron chi connectivity index (χ3n) is 3.29. The van der Waals surface area contributed by atoms with Crippen LogP contribution in [0.2, 0.25) is 0 Å². The lowest BCUT2D eigenvalue weighted by atomic mass is 10.0. The SMILES string of the molecule is FC(F)(F)CN(Cc1cnco1)C1CCNCC1.O=C(O)C(F)(F)F. The quantitative estimate of drug-likeness (QED) is 0.785. The number of carboxylic acid groups (broad SMARTS) is 1. The van der Waals surface area contributed by atoms with Gasteiger partial charge in [0, 0.05) is 6.04 Å². The smallest absolute Gasteiger partial charge is 0.475 e. The third kappa shape index (κ3) is 8.72. The summed E-state index contributed by atoms with van der Waals surface area (Å²) < 4.78 is 74.5. The van der Waals surface area contributed by atoms with Crippen LogP contribution in [-0.4, -0.2) is 59.0 Å². The molecule has 1 aliphatic rings. The summed E-state index contributed by atoms with van der Waals surface area (Å²) in [4.78, 5) is 14.1. The summed E-state index contributed by atoms with van der Waals surface area (Å²) >= 11 is 0. The molecular weight excluding hydrogens is 360 g/mol. The van der Waals surface area contributed by atoms with Crippen molar-refractivity contribution < 1.29 is 40.7 Å². The highest BCUT2D eigenvalue weighted by Crippen LogP contribution is 2.23. The summed E-state index contributed by atoms with van der Waals surface area (Å²) in [6, 6.07) is -0.0574. The molecule has 0 aliphatic carbocycles. The number of hydrogen-bond donors (Lipinski definition) is 2. The zero-order valence-corrected chi connectivity index (χ0v) is 12.9. The summed E-state index contributed by atoms with van der Waals surface area (Å²) in [6.45, 7) is 0.771. The first-order chi connectivity index (χ1) is 11.5. The molecule has 0 atom stereocenters. The van der Waals surface area contributed by atoms with Gasteiger partial charge in [-0.2, -0.15) is 26.3 Å². The van der Waals surface area contributed by atoms with Gasteiger partial charge in [-0.3, -0.25) is 4.90 Å². The molecule has 1 fully saturated rings. The summed E-state index contributed by atoms with van der Waals surface area (Å²) in [6.07, 6.45) is -5.12. The Balaban J connectivity index is 0.000000381. The topological polar surface area (TPSA) is 78.6 Å². The van der Waals surface area contributed by atoms with E-state index < -0.39 is 24.9 Å². The lowest BCUT2D eigenvalue weighted by Gasteiger charge is -2.34. The second-order valence-corrected chi connectivity index (χ2v) is 5.27. The van der Waals surface area contributed by atoms with Crippen LogP contribution in [0.5, 0.6) is 0 Å². The van der Waals surface area contributed by atoms with Crippen LogP contribution in [-0.2, 0) is 11.3 Å². The highest BCUT2D eigenvalue weighted by atomic mass is 19.4. The van der Waals surface area contributed by atoms with Crippen molar-refractivity contribution in [3.05, 3.63) is 18.4 Å². The van der Waals surface area contributed by atoms with Crippen LogP contribution in [0.25, 0.3) is 0 Å². The fraction of sp³-hybridized carbons (Fsp3) is 0.692. The largest absolute Gasteiger partial charge is 0.490 e. The minimum Gasteiger partial charge on any atom is -0.475 e. The Labute approximate surface area is 138 Å². The Hall–Kier alpha value is -1.82. The normalized spacial score (nSPS) is 16.4. The van der Waals surface area contributed by atoms with Gasteiger partial charge in [-0.1, -0.05) is 0 Å². The van der Waals surface area contributed by atoms with Crippen LogP contribution >= 0.6 is 0 Å². The number of carbonyl (C=O) groups is 1. The molecule has 0 unspecified atom stereocenters. The average molecular weight is 377 g/mol. The van der Waals surface area contributed by atoms with Crippen molar-refractivity contribution in [3.63, 3.8) is 0 Å². The Kier molecular flexibility index (Phi) is 7.67. The number of rotatable bonds is 4. The molecule has 1 saturated heterocycles. The summed E-state index contributed by atoms with van der Waals surface area (Å²) in [5, 5.41) is 10.3. The van der Waals surface area contributed by atoms with Crippen molar-refractivity contribution in [2.75, 3.05) is 19.6 Å². The van der Waals surface area contributed by atoms with Crippen LogP contribution < -0.4 is 5.32 Å². The van der Waals surface area contributed by atoms with E-state index >= 15 is 0 Å². The monoisotopic (exact) mass is 377 g/mol. The first-order valence-electron chi connectivity index (χ1n) is 7.18. The molecule has 2 rings (SSSR count). The van der Waals surface area contributed by atoms with E-state index in [1.807, 2.05) is 0 Å². The fourth-order valence-electron chi connectivity index (χ4n) is 2.24. The van der Waals surface area contributed by atoms with Crippen molar-refractivity contribution in [3.8, 4) is 0 Å². The van der Waals surface area contributed by atoms with Crippen LogP contribution in [0.3, 0.4) is 0 Å². The second-order valence-electron chi connectivity index (χ2n) is 5.27. The molecule has 12 heteroatoms. The van der Waals surface area contributed by atoms with Crippen LogP contribution in [0, 0.1) is 0 Å². The molecule has 0 bridgehead atoms. The van der Waals surface area contributed by atoms with Crippen molar-refractivity contribution in [1.82, 2.24) is 15.2 Å². The first-order valence-corrected chi connectivity index (χ1v) is 7.18. The highest BCUT2D eigenvalue weighted by molar-refractivity contribution is 5.73. The predicted octanol–water partition coefficient (Wildman–Crippen LogP) is 2.42. The van der Waals surface area contributed by atoms with Crippen molar-refractivity contribution in [2.24, 2.45) is 0 Å². The Morgan fingerprint density at radius 3 is 2.24 bits per heavy atom. The van der Waals surface area contributed by atoms with E-state index in [9.17, 15) is 26.3 Å². The highest BCUT2D eigenvalue weighted by Gasteiger charge is 2.38. The molecule has 1 aromatic rings. The van der Waals surface area contributed by atoms with Crippen LogP contribution in [0.4, 0.5) is 26.3 Å². The maximum atomic E-state index is 12.6. The minimum atomic E-state index is -5.08. The third-order valence-corrected chi connectivity index (χ3v) is 3.29.